The van der Waals surface area contributed by atoms with Gasteiger partial charge in [-0.25, -0.2) is 0 Å². The summed E-state index contributed by atoms with van der Waals surface area (Å²) in [6.07, 6.45) is 2.64. The van der Waals surface area contributed by atoms with Gasteiger partial charge in [0.05, 0.1) is 0 Å². The number of nitro benzene ring substituents is 1. The average molecular weight is 419 g/mol. The number of thiazole rings is 1. The number of benzene rings is 1. The fourth-order valence-corrected chi connectivity index (χ4v) is 5.71. The fraction of sp³-hybridized carbons (Fsp3) is 0.462. The molecular formula is C13H16IN4O2S-. The summed E-state index contributed by atoms with van der Waals surface area (Å²) in [5, 5.41) is 11.8. The predicted molar refractivity (Wildman–Crippen MR) is 80.4 cm³/mol. The van der Waals surface area contributed by atoms with Crippen LogP contribution in [0.2, 0.25) is 0 Å². The van der Waals surface area contributed by atoms with Crippen LogP contribution in [0.15, 0.2) is 18.2 Å². The van der Waals surface area contributed by atoms with E-state index in [1.54, 1.807) is 12.1 Å². The molecule has 21 heavy (non-hydrogen) atoms. The third kappa shape index (κ3) is 3.43. The molecule has 2 heterocycles. The first-order valence-corrected chi connectivity index (χ1v) is 10.0. The van der Waals surface area contributed by atoms with Crippen LogP contribution in [0.25, 0.3) is 10.2 Å². The van der Waals surface area contributed by atoms with Gasteiger partial charge in [-0.15, -0.1) is 0 Å². The van der Waals surface area contributed by atoms with Crippen molar-refractivity contribution in [3.63, 3.8) is 0 Å². The van der Waals surface area contributed by atoms with Gasteiger partial charge in [0, 0.05) is 0 Å². The quantitative estimate of drug-likeness (QED) is 0.166. The second kappa shape index (κ2) is 6.41. The molecule has 114 valence electrons. The predicted octanol–water partition coefficient (Wildman–Crippen LogP) is -0.302. The van der Waals surface area contributed by atoms with Crippen molar-refractivity contribution in [3.8, 4) is 0 Å². The number of halogens is 1. The number of rotatable bonds is 5. The van der Waals surface area contributed by atoms with Gasteiger partial charge in [-0.3, -0.25) is 0 Å². The Morgan fingerprint density at radius 3 is 2.95 bits per heavy atom. The minimum atomic E-state index is -0.358. The summed E-state index contributed by atoms with van der Waals surface area (Å²) >= 11 is 1.42. The van der Waals surface area contributed by atoms with E-state index in [1.165, 1.54) is 43.3 Å². The number of hydrogen-bond acceptors (Lipinski definition) is 6. The van der Waals surface area contributed by atoms with Gasteiger partial charge in [-0.1, -0.05) is 0 Å². The first kappa shape index (κ1) is 14.9. The first-order valence-electron chi connectivity index (χ1n) is 6.74. The van der Waals surface area contributed by atoms with Gasteiger partial charge in [0.15, 0.2) is 0 Å². The molecule has 1 saturated heterocycles. The number of alkyl halides is 1. The number of non-ortho nitro benzene ring substituents is 1. The maximum absolute atomic E-state index is 10.8. The summed E-state index contributed by atoms with van der Waals surface area (Å²) < 4.78 is 4.29. The van der Waals surface area contributed by atoms with Gasteiger partial charge < -0.3 is 0 Å². The molecule has 2 aromatic rings. The molecule has 0 N–H and O–H groups in total. The van der Waals surface area contributed by atoms with Crippen LogP contribution in [0.4, 0.5) is 10.8 Å². The third-order valence-corrected chi connectivity index (χ3v) is 7.61. The van der Waals surface area contributed by atoms with Crippen LogP contribution in [-0.2, 0) is 0 Å². The Labute approximate surface area is 137 Å². The number of nitrogens with zero attached hydrogens (tertiary/aromatic N) is 4. The number of nitro groups is 1. The van der Waals surface area contributed by atoms with Crippen LogP contribution in [-0.4, -0.2) is 39.5 Å². The van der Waals surface area contributed by atoms with Crippen molar-refractivity contribution < 1.29 is 26.4 Å². The monoisotopic (exact) mass is 419 g/mol. The molecule has 0 bridgehead atoms. The molecule has 3 rings (SSSR count). The second-order valence-corrected chi connectivity index (χ2v) is 8.77. The standard InChI is InChI=1S/C13H16IN4O2S/c1-16(14-9-17-6-2-3-7-17)13-15-11-5-4-10(18(19)20)8-12(11)21-13/h4-5,8H,2-3,6-7,9H2,1H3/q-1. The van der Waals surface area contributed by atoms with Crippen LogP contribution in [0, 0.1) is 10.1 Å². The molecule has 1 fully saturated rings. The first-order chi connectivity index (χ1) is 10.1. The molecule has 0 unspecified atom stereocenters. The normalized spacial score (nSPS) is 15.9. The van der Waals surface area contributed by atoms with Gasteiger partial charge in [0.2, 0.25) is 0 Å². The summed E-state index contributed by atoms with van der Waals surface area (Å²) in [4.78, 5) is 17.6. The topological polar surface area (TPSA) is 62.5 Å². The van der Waals surface area contributed by atoms with Crippen molar-refractivity contribution in [1.82, 2.24) is 9.88 Å². The van der Waals surface area contributed by atoms with Crippen LogP contribution in [0.3, 0.4) is 0 Å². The molecule has 1 aromatic heterocycles. The van der Waals surface area contributed by atoms with Crippen molar-refractivity contribution in [2.75, 3.05) is 27.8 Å². The van der Waals surface area contributed by atoms with Crippen LogP contribution < -0.4 is 24.6 Å². The Kier molecular flexibility index (Phi) is 4.55. The van der Waals surface area contributed by atoms with Gasteiger partial charge >= 0.3 is 138 Å². The van der Waals surface area contributed by atoms with Crippen molar-refractivity contribution in [2.24, 2.45) is 0 Å². The Morgan fingerprint density at radius 1 is 1.48 bits per heavy atom. The third-order valence-electron chi connectivity index (χ3n) is 3.44. The van der Waals surface area contributed by atoms with E-state index in [-0.39, 0.29) is 32.1 Å². The second-order valence-electron chi connectivity index (χ2n) is 4.95. The molecule has 0 amide bonds. The zero-order valence-corrected chi connectivity index (χ0v) is 14.6. The summed E-state index contributed by atoms with van der Waals surface area (Å²) in [6.45, 7) is 2.44. The molecule has 8 heteroatoms. The Hall–Kier alpha value is -1.000. The van der Waals surface area contributed by atoms with E-state index in [4.69, 9.17) is 0 Å². The molecule has 0 atom stereocenters. The van der Waals surface area contributed by atoms with Crippen molar-refractivity contribution in [1.29, 1.82) is 0 Å². The molecule has 1 aliphatic heterocycles. The number of likely N-dealkylation sites (tertiary alicyclic amines) is 1. The molecule has 0 radical (unpaired) electrons. The molecule has 1 aromatic carbocycles. The summed E-state index contributed by atoms with van der Waals surface area (Å²) in [5.74, 6) is 0. The Balaban J connectivity index is 1.72. The molecule has 0 spiro atoms. The summed E-state index contributed by atoms with van der Waals surface area (Å²) in [6, 6.07) is 4.87. The SMILES string of the molecule is CN([I-]CN1CCCC1)c1nc2ccc([N+](=O)[O-])cc2s1. The fourth-order valence-electron chi connectivity index (χ4n) is 2.26. The van der Waals surface area contributed by atoms with E-state index < -0.39 is 0 Å². The zero-order valence-electron chi connectivity index (χ0n) is 11.7. The summed E-state index contributed by atoms with van der Waals surface area (Å²) in [5.41, 5.74) is 0.977. The number of fused-ring (bicyclic) bond motifs is 1. The summed E-state index contributed by atoms with van der Waals surface area (Å²) in [7, 11) is 2.08. The van der Waals surface area contributed by atoms with E-state index in [1.807, 2.05) is 0 Å². The molecule has 0 aliphatic carbocycles. The van der Waals surface area contributed by atoms with Crippen LogP contribution >= 0.6 is 11.3 Å². The number of anilines is 1. The zero-order chi connectivity index (χ0) is 14.8. The van der Waals surface area contributed by atoms with Crippen molar-refractivity contribution in [3.05, 3.63) is 28.3 Å². The van der Waals surface area contributed by atoms with Gasteiger partial charge in [0.1, 0.15) is 0 Å². The van der Waals surface area contributed by atoms with Crippen LogP contribution in [0.5, 0.6) is 0 Å². The Morgan fingerprint density at radius 2 is 2.24 bits per heavy atom. The molecule has 1 aliphatic rings. The van der Waals surface area contributed by atoms with Crippen molar-refractivity contribution in [2.45, 2.75) is 12.8 Å². The van der Waals surface area contributed by atoms with E-state index in [0.717, 1.165) is 19.9 Å². The van der Waals surface area contributed by atoms with E-state index >= 15 is 0 Å². The average Bonchev–Trinajstić information content (AvgIpc) is 3.12. The number of hydrogen-bond donors (Lipinski definition) is 0. The number of aromatic nitrogens is 1. The van der Waals surface area contributed by atoms with Gasteiger partial charge in [-0.2, -0.15) is 0 Å². The maximum atomic E-state index is 10.8. The van der Waals surface area contributed by atoms with E-state index in [9.17, 15) is 10.1 Å². The minimum absolute atomic E-state index is 0.115. The van der Waals surface area contributed by atoms with Gasteiger partial charge in [0.25, 0.3) is 0 Å². The van der Waals surface area contributed by atoms with Crippen LogP contribution in [0.1, 0.15) is 12.8 Å². The van der Waals surface area contributed by atoms with E-state index in [0.29, 0.717) is 0 Å². The van der Waals surface area contributed by atoms with Crippen molar-refractivity contribution >= 4 is 32.4 Å². The molecule has 6 nitrogen and oxygen atoms in total. The van der Waals surface area contributed by atoms with E-state index in [2.05, 4.69) is 20.0 Å². The van der Waals surface area contributed by atoms with Gasteiger partial charge in [-0.05, 0) is 0 Å². The Bertz CT molecular complexity index is 657. The molecule has 0 saturated carbocycles. The molecular weight excluding hydrogens is 403 g/mol.